The second kappa shape index (κ2) is 8.14. The van der Waals surface area contributed by atoms with Gasteiger partial charge in [0.15, 0.2) is 5.82 Å². The van der Waals surface area contributed by atoms with E-state index in [4.69, 9.17) is 0 Å². The molecule has 0 saturated carbocycles. The highest BCUT2D eigenvalue weighted by molar-refractivity contribution is 8.01. The zero-order valence-electron chi connectivity index (χ0n) is 17.5. The fourth-order valence-electron chi connectivity index (χ4n) is 3.08. The van der Waals surface area contributed by atoms with Crippen LogP contribution in [0.5, 0.6) is 0 Å². The van der Waals surface area contributed by atoms with E-state index >= 15 is 0 Å². The minimum Gasteiger partial charge on any atom is -0.261 e. The Labute approximate surface area is 189 Å². The Morgan fingerprint density at radius 3 is 2.13 bits per heavy atom. The van der Waals surface area contributed by atoms with Gasteiger partial charge in [0.2, 0.25) is 0 Å². The Kier molecular flexibility index (Phi) is 5.67. The molecular formula is C22H21N3O3S3. The SMILES string of the molecule is Cc1ccc(Sc2sc(C)c(C)n3c(=O)nc(NS(=O)(=O)c4ccc(C)cc4)c2-3)cc1. The van der Waals surface area contributed by atoms with Crippen LogP contribution in [0.4, 0.5) is 5.82 Å². The van der Waals surface area contributed by atoms with Gasteiger partial charge in [-0.3, -0.25) is 9.29 Å². The second-order valence-electron chi connectivity index (χ2n) is 7.29. The van der Waals surface area contributed by atoms with Gasteiger partial charge in [-0.2, -0.15) is 4.98 Å². The number of aromatic nitrogens is 2. The molecular weight excluding hydrogens is 450 g/mol. The van der Waals surface area contributed by atoms with Crippen molar-refractivity contribution in [1.82, 2.24) is 9.55 Å². The third kappa shape index (κ3) is 4.26. The van der Waals surface area contributed by atoms with Crippen LogP contribution in [0.25, 0.3) is 5.69 Å². The van der Waals surface area contributed by atoms with Crippen LogP contribution in [0.15, 0.2) is 67.3 Å². The van der Waals surface area contributed by atoms with Crippen LogP contribution < -0.4 is 10.4 Å². The lowest BCUT2D eigenvalue weighted by Crippen LogP contribution is -2.17. The van der Waals surface area contributed by atoms with E-state index in [1.54, 1.807) is 12.1 Å². The Balaban J connectivity index is 1.83. The summed E-state index contributed by atoms with van der Waals surface area (Å²) in [5.74, 6) is 0.0412. The second-order valence-corrected chi connectivity index (χ2v) is 11.5. The Bertz CT molecular complexity index is 1390. The quantitative estimate of drug-likeness (QED) is 0.447. The smallest absolute Gasteiger partial charge is 0.261 e. The van der Waals surface area contributed by atoms with Crippen molar-refractivity contribution in [2.24, 2.45) is 0 Å². The summed E-state index contributed by atoms with van der Waals surface area (Å²) in [6, 6.07) is 14.6. The Morgan fingerprint density at radius 2 is 1.52 bits per heavy atom. The van der Waals surface area contributed by atoms with Gasteiger partial charge in [0.05, 0.1) is 9.10 Å². The molecule has 160 valence electrons. The van der Waals surface area contributed by atoms with Crippen molar-refractivity contribution in [2.75, 3.05) is 4.72 Å². The summed E-state index contributed by atoms with van der Waals surface area (Å²) < 4.78 is 30.7. The highest BCUT2D eigenvalue weighted by atomic mass is 32.2. The molecule has 0 bridgehead atoms. The first-order valence-corrected chi connectivity index (χ1v) is 12.6. The van der Waals surface area contributed by atoms with Crippen LogP contribution in [0.2, 0.25) is 0 Å². The number of hydrogen-bond acceptors (Lipinski definition) is 6. The molecule has 0 saturated heterocycles. The van der Waals surface area contributed by atoms with E-state index in [1.165, 1.54) is 39.8 Å². The van der Waals surface area contributed by atoms with Crippen LogP contribution in [0.1, 0.15) is 21.7 Å². The van der Waals surface area contributed by atoms with Crippen molar-refractivity contribution in [1.29, 1.82) is 0 Å². The fourth-order valence-corrected chi connectivity index (χ4v) is 6.49. The summed E-state index contributed by atoms with van der Waals surface area (Å²) in [5.41, 5.74) is 2.82. The van der Waals surface area contributed by atoms with E-state index in [0.29, 0.717) is 5.69 Å². The maximum atomic E-state index is 13.0. The third-order valence-electron chi connectivity index (χ3n) is 4.92. The molecule has 1 N–H and O–H groups in total. The average Bonchev–Trinajstić information content (AvgIpc) is 3.03. The summed E-state index contributed by atoms with van der Waals surface area (Å²) in [4.78, 5) is 18.8. The zero-order chi connectivity index (χ0) is 22.3. The Morgan fingerprint density at radius 1 is 0.935 bits per heavy atom. The number of fused-ring (bicyclic) bond motifs is 1. The van der Waals surface area contributed by atoms with Gasteiger partial charge in [-0.15, -0.1) is 11.3 Å². The van der Waals surface area contributed by atoms with Gasteiger partial charge in [0.1, 0.15) is 5.69 Å². The first-order valence-electron chi connectivity index (χ1n) is 9.52. The number of sulfonamides is 1. The van der Waals surface area contributed by atoms with Gasteiger partial charge in [0, 0.05) is 15.5 Å². The molecule has 2 aliphatic heterocycles. The predicted octanol–water partition coefficient (Wildman–Crippen LogP) is 4.92. The van der Waals surface area contributed by atoms with Crippen molar-refractivity contribution in [3.8, 4) is 5.69 Å². The molecule has 2 aromatic rings. The van der Waals surface area contributed by atoms with Crippen LogP contribution >= 0.6 is 23.1 Å². The third-order valence-corrected chi connectivity index (χ3v) is 8.65. The maximum absolute atomic E-state index is 13.0. The molecule has 0 aliphatic carbocycles. The normalized spacial score (nSPS) is 11.7. The largest absolute Gasteiger partial charge is 0.354 e. The number of hydrogen-bond donors (Lipinski definition) is 1. The molecule has 31 heavy (non-hydrogen) atoms. The van der Waals surface area contributed by atoms with E-state index in [2.05, 4.69) is 9.71 Å². The first kappa shape index (κ1) is 21.6. The molecule has 6 nitrogen and oxygen atoms in total. The highest BCUT2D eigenvalue weighted by Gasteiger charge is 2.27. The van der Waals surface area contributed by atoms with Gasteiger partial charge in [-0.25, -0.2) is 13.2 Å². The molecule has 4 rings (SSSR count). The number of benzene rings is 2. The molecule has 0 aromatic heterocycles. The molecule has 0 fully saturated rings. The van der Waals surface area contributed by atoms with Gasteiger partial charge in [-0.1, -0.05) is 47.2 Å². The summed E-state index contributed by atoms with van der Waals surface area (Å²) >= 11 is 3.00. The van der Waals surface area contributed by atoms with E-state index < -0.39 is 15.7 Å². The Hall–Kier alpha value is -2.62. The predicted molar refractivity (Wildman–Crippen MR) is 126 cm³/mol. The number of imidazole rings is 1. The van der Waals surface area contributed by atoms with Crippen molar-refractivity contribution >= 4 is 38.9 Å². The van der Waals surface area contributed by atoms with Gasteiger partial charge < -0.3 is 0 Å². The van der Waals surface area contributed by atoms with Crippen LogP contribution in [-0.2, 0) is 10.0 Å². The molecule has 9 heteroatoms. The molecule has 0 unspecified atom stereocenters. The minimum atomic E-state index is -3.90. The van der Waals surface area contributed by atoms with Crippen LogP contribution in [-0.4, -0.2) is 18.0 Å². The highest BCUT2D eigenvalue weighted by Crippen LogP contribution is 2.41. The first-order chi connectivity index (χ1) is 14.7. The van der Waals surface area contributed by atoms with Crippen molar-refractivity contribution in [3.63, 3.8) is 0 Å². The molecule has 0 radical (unpaired) electrons. The number of nitrogens with zero attached hydrogens (tertiary/aromatic N) is 2. The fraction of sp³-hybridized carbons (Fsp3) is 0.182. The molecule has 0 atom stereocenters. The maximum Gasteiger partial charge on any atom is 0.354 e. The van der Waals surface area contributed by atoms with Gasteiger partial charge >= 0.3 is 5.69 Å². The summed E-state index contributed by atoms with van der Waals surface area (Å²) in [6.45, 7) is 7.68. The van der Waals surface area contributed by atoms with E-state index in [1.807, 2.05) is 52.0 Å². The summed E-state index contributed by atoms with van der Waals surface area (Å²) in [6.07, 6.45) is 0. The molecule has 0 amide bonds. The lowest BCUT2D eigenvalue weighted by molar-refractivity contribution is 0.601. The van der Waals surface area contributed by atoms with Crippen molar-refractivity contribution < 1.29 is 8.42 Å². The topological polar surface area (TPSA) is 81.1 Å². The number of anilines is 1. The van der Waals surface area contributed by atoms with Crippen LogP contribution in [0.3, 0.4) is 0 Å². The zero-order valence-corrected chi connectivity index (χ0v) is 19.9. The monoisotopic (exact) mass is 471 g/mol. The molecule has 0 spiro atoms. The lowest BCUT2D eigenvalue weighted by atomic mass is 10.2. The van der Waals surface area contributed by atoms with E-state index in [9.17, 15) is 13.2 Å². The van der Waals surface area contributed by atoms with Gasteiger partial charge in [0.25, 0.3) is 10.0 Å². The molecule has 2 aliphatic rings. The molecule has 2 aromatic carbocycles. The lowest BCUT2D eigenvalue weighted by Gasteiger charge is -2.16. The van der Waals surface area contributed by atoms with Crippen LogP contribution in [0, 0.1) is 27.7 Å². The minimum absolute atomic E-state index is 0.0412. The summed E-state index contributed by atoms with van der Waals surface area (Å²) in [5, 5.41) is 0. The van der Waals surface area contributed by atoms with Gasteiger partial charge in [-0.05, 0) is 52.0 Å². The van der Waals surface area contributed by atoms with E-state index in [0.717, 1.165) is 30.8 Å². The average molecular weight is 472 g/mol. The number of rotatable bonds is 5. The van der Waals surface area contributed by atoms with E-state index in [-0.39, 0.29) is 10.7 Å². The number of nitrogens with one attached hydrogen (secondary N) is 1. The summed E-state index contributed by atoms with van der Waals surface area (Å²) in [7, 11) is -3.90. The standard InChI is InChI=1S/C22H21N3O3S3/c1-13-5-9-17(10-6-13)30-21-19-20(23-22(26)25(19)15(3)16(4)29-21)24-31(27,28)18-11-7-14(2)8-12-18/h5-12H,1-4H3,(H,23,24,26). The van der Waals surface area contributed by atoms with Crippen molar-refractivity contribution in [2.45, 2.75) is 41.7 Å². The van der Waals surface area contributed by atoms with Crippen molar-refractivity contribution in [3.05, 3.63) is 80.7 Å². The number of aryl methyl sites for hydroxylation is 3. The molecule has 2 heterocycles.